The number of carboxylic acids is 1. The maximum absolute atomic E-state index is 12.2. The van der Waals surface area contributed by atoms with Gasteiger partial charge in [-0.1, -0.05) is 0 Å². The second kappa shape index (κ2) is 3.87. The molecule has 0 saturated heterocycles. The van der Waals surface area contributed by atoms with E-state index in [9.17, 15) is 9.59 Å². The van der Waals surface area contributed by atoms with Crippen molar-refractivity contribution in [2.75, 3.05) is 0 Å². The maximum Gasteiger partial charge on any atom is 0.312 e. The van der Waals surface area contributed by atoms with E-state index in [1.165, 1.54) is 12.5 Å². The number of carboxylic acid groups (broad SMARTS) is 1. The Balaban J connectivity index is 2.00. The largest absolute Gasteiger partial charge is 0.481 e. The monoisotopic (exact) mass is 245 g/mol. The molecule has 2 aromatic rings. The first kappa shape index (κ1) is 10.8. The molecule has 0 radical (unpaired) electrons. The van der Waals surface area contributed by atoms with Crippen LogP contribution in [0.4, 0.5) is 0 Å². The lowest BCUT2D eigenvalue weighted by Crippen LogP contribution is -2.09. The molecule has 0 fully saturated rings. The van der Waals surface area contributed by atoms with E-state index in [2.05, 4.69) is 0 Å². The molecule has 0 bridgehead atoms. The summed E-state index contributed by atoms with van der Waals surface area (Å²) in [6, 6.07) is 5.00. The van der Waals surface area contributed by atoms with Gasteiger partial charge in [0.05, 0.1) is 23.4 Å². The SMILES string of the molecule is O=C(c1ccoc1)c1ccc2n1CCC2C(=O)O. The van der Waals surface area contributed by atoms with Crippen LogP contribution >= 0.6 is 0 Å². The molecule has 1 aliphatic rings. The Bertz CT molecular complexity index is 609. The first-order chi connectivity index (χ1) is 8.68. The van der Waals surface area contributed by atoms with Crippen LogP contribution in [0.3, 0.4) is 0 Å². The Hall–Kier alpha value is -2.30. The lowest BCUT2D eigenvalue weighted by molar-refractivity contribution is -0.138. The Labute approximate surface area is 103 Å². The van der Waals surface area contributed by atoms with Crippen LogP contribution < -0.4 is 0 Å². The molecule has 5 heteroatoms. The van der Waals surface area contributed by atoms with Gasteiger partial charge < -0.3 is 14.1 Å². The highest BCUT2D eigenvalue weighted by Gasteiger charge is 2.31. The average Bonchev–Trinajstić information content (AvgIpc) is 3.04. The van der Waals surface area contributed by atoms with Gasteiger partial charge in [-0.3, -0.25) is 9.59 Å². The summed E-state index contributed by atoms with van der Waals surface area (Å²) in [7, 11) is 0. The quantitative estimate of drug-likeness (QED) is 0.838. The molecule has 3 rings (SSSR count). The van der Waals surface area contributed by atoms with E-state index in [0.29, 0.717) is 29.9 Å². The minimum atomic E-state index is -0.839. The van der Waals surface area contributed by atoms with E-state index < -0.39 is 11.9 Å². The number of hydrogen-bond donors (Lipinski definition) is 1. The molecule has 0 aliphatic carbocycles. The fourth-order valence-corrected chi connectivity index (χ4v) is 2.43. The zero-order chi connectivity index (χ0) is 12.7. The summed E-state index contributed by atoms with van der Waals surface area (Å²) in [6.45, 7) is 0.568. The van der Waals surface area contributed by atoms with E-state index in [1.54, 1.807) is 22.8 Å². The van der Waals surface area contributed by atoms with Crippen molar-refractivity contribution in [1.82, 2.24) is 4.57 Å². The summed E-state index contributed by atoms with van der Waals surface area (Å²) in [5.41, 5.74) is 1.71. The number of aromatic nitrogens is 1. The number of aliphatic carboxylic acids is 1. The number of nitrogens with zero attached hydrogens (tertiary/aromatic N) is 1. The first-order valence-corrected chi connectivity index (χ1v) is 5.67. The van der Waals surface area contributed by atoms with E-state index >= 15 is 0 Å². The summed E-state index contributed by atoms with van der Waals surface area (Å²) < 4.78 is 6.67. The van der Waals surface area contributed by atoms with Gasteiger partial charge in [-0.25, -0.2) is 0 Å². The van der Waals surface area contributed by atoms with Gasteiger partial charge in [-0.15, -0.1) is 0 Å². The molecule has 0 aromatic carbocycles. The molecule has 1 N–H and O–H groups in total. The van der Waals surface area contributed by atoms with Crippen LogP contribution in [0.2, 0.25) is 0 Å². The van der Waals surface area contributed by atoms with Gasteiger partial charge >= 0.3 is 5.97 Å². The van der Waals surface area contributed by atoms with Crippen molar-refractivity contribution in [2.24, 2.45) is 0 Å². The smallest absolute Gasteiger partial charge is 0.312 e. The van der Waals surface area contributed by atoms with Crippen LogP contribution in [0.1, 0.15) is 34.1 Å². The molecule has 1 unspecified atom stereocenters. The lowest BCUT2D eigenvalue weighted by Gasteiger charge is -2.03. The van der Waals surface area contributed by atoms with Crippen molar-refractivity contribution in [2.45, 2.75) is 18.9 Å². The van der Waals surface area contributed by atoms with Crippen molar-refractivity contribution in [3.05, 3.63) is 47.7 Å². The molecule has 1 aliphatic heterocycles. The van der Waals surface area contributed by atoms with Crippen molar-refractivity contribution in [1.29, 1.82) is 0 Å². The third-order valence-electron chi connectivity index (χ3n) is 3.33. The second-order valence-electron chi connectivity index (χ2n) is 4.32. The topological polar surface area (TPSA) is 72.4 Å². The van der Waals surface area contributed by atoms with Crippen molar-refractivity contribution in [3.63, 3.8) is 0 Å². The molecule has 1 atom stereocenters. The molecule has 3 heterocycles. The van der Waals surface area contributed by atoms with Crippen molar-refractivity contribution in [3.8, 4) is 0 Å². The van der Waals surface area contributed by atoms with Gasteiger partial charge in [0.2, 0.25) is 5.78 Å². The third kappa shape index (κ3) is 1.48. The molecule has 0 amide bonds. The highest BCUT2D eigenvalue weighted by Crippen LogP contribution is 2.31. The maximum atomic E-state index is 12.2. The van der Waals surface area contributed by atoms with Crippen LogP contribution in [-0.4, -0.2) is 21.4 Å². The molecule has 5 nitrogen and oxygen atoms in total. The molecule has 92 valence electrons. The van der Waals surface area contributed by atoms with Crippen LogP contribution in [0.25, 0.3) is 0 Å². The predicted octanol–water partition coefficient (Wildman–Crippen LogP) is 1.88. The van der Waals surface area contributed by atoms with E-state index in [4.69, 9.17) is 9.52 Å². The minimum absolute atomic E-state index is 0.138. The number of hydrogen-bond acceptors (Lipinski definition) is 3. The minimum Gasteiger partial charge on any atom is -0.481 e. The van der Waals surface area contributed by atoms with E-state index in [1.807, 2.05) is 0 Å². The Morgan fingerprint density at radius 2 is 2.17 bits per heavy atom. The first-order valence-electron chi connectivity index (χ1n) is 5.67. The fraction of sp³-hybridized carbons (Fsp3) is 0.231. The number of furan rings is 1. The summed E-state index contributed by atoms with van der Waals surface area (Å²) in [6.07, 6.45) is 3.38. The predicted molar refractivity (Wildman–Crippen MR) is 61.6 cm³/mol. The number of carbonyl (C=O) groups excluding carboxylic acids is 1. The van der Waals surface area contributed by atoms with Crippen LogP contribution in [0.15, 0.2) is 35.1 Å². The van der Waals surface area contributed by atoms with Gasteiger partial charge in [-0.2, -0.15) is 0 Å². The zero-order valence-electron chi connectivity index (χ0n) is 9.50. The summed E-state index contributed by atoms with van der Waals surface area (Å²) in [5, 5.41) is 9.08. The van der Waals surface area contributed by atoms with Crippen LogP contribution in [0, 0.1) is 0 Å². The molecule has 18 heavy (non-hydrogen) atoms. The van der Waals surface area contributed by atoms with Crippen molar-refractivity contribution >= 4 is 11.8 Å². The van der Waals surface area contributed by atoms with Crippen LogP contribution in [-0.2, 0) is 11.3 Å². The lowest BCUT2D eigenvalue weighted by atomic mass is 10.1. The standard InChI is InChI=1S/C13H11NO4/c15-12(8-4-6-18-7-8)11-2-1-10-9(13(16)17)3-5-14(10)11/h1-2,4,6-7,9H,3,5H2,(H,16,17). The molecule has 0 saturated carbocycles. The van der Waals surface area contributed by atoms with Gasteiger partial charge in [0.15, 0.2) is 0 Å². The average molecular weight is 245 g/mol. The molecular weight excluding hydrogens is 234 g/mol. The highest BCUT2D eigenvalue weighted by molar-refractivity contribution is 6.08. The second-order valence-corrected chi connectivity index (χ2v) is 4.32. The Morgan fingerprint density at radius 3 is 2.83 bits per heavy atom. The summed E-state index contributed by atoms with van der Waals surface area (Å²) in [5.74, 6) is -1.48. The fourth-order valence-electron chi connectivity index (χ4n) is 2.43. The van der Waals surface area contributed by atoms with E-state index in [-0.39, 0.29) is 5.78 Å². The zero-order valence-corrected chi connectivity index (χ0v) is 9.50. The van der Waals surface area contributed by atoms with Gasteiger partial charge in [0.25, 0.3) is 0 Å². The Kier molecular flexibility index (Phi) is 2.33. The number of fused-ring (bicyclic) bond motifs is 1. The van der Waals surface area contributed by atoms with Crippen LogP contribution in [0.5, 0.6) is 0 Å². The van der Waals surface area contributed by atoms with E-state index in [0.717, 1.165) is 0 Å². The summed E-state index contributed by atoms with van der Waals surface area (Å²) >= 11 is 0. The van der Waals surface area contributed by atoms with Crippen molar-refractivity contribution < 1.29 is 19.1 Å². The Morgan fingerprint density at radius 1 is 1.33 bits per heavy atom. The third-order valence-corrected chi connectivity index (χ3v) is 3.33. The summed E-state index contributed by atoms with van der Waals surface area (Å²) in [4.78, 5) is 23.2. The molecular formula is C13H11NO4. The highest BCUT2D eigenvalue weighted by atomic mass is 16.4. The number of ketones is 1. The number of rotatable bonds is 3. The van der Waals surface area contributed by atoms with Gasteiger partial charge in [0, 0.05) is 12.2 Å². The molecule has 0 spiro atoms. The van der Waals surface area contributed by atoms with Gasteiger partial charge in [0.1, 0.15) is 6.26 Å². The number of carbonyl (C=O) groups is 2. The normalized spacial score (nSPS) is 17.7. The van der Waals surface area contributed by atoms with Gasteiger partial charge in [-0.05, 0) is 24.6 Å². The molecule has 2 aromatic heterocycles.